The fraction of sp³-hybridized carbons (Fsp3) is 0.231. The SMILES string of the molecule is CSCCC(C=O)NNC(=O)c1ccc(C#CC(=O)Cc2cn(C)cn2)cc1-c1ccccc1. The number of benzene rings is 2. The molecule has 0 saturated heterocycles. The highest BCUT2D eigenvalue weighted by molar-refractivity contribution is 7.98. The second-order valence-electron chi connectivity index (χ2n) is 7.63. The maximum absolute atomic E-state index is 12.9. The van der Waals surface area contributed by atoms with Crippen molar-refractivity contribution in [3.05, 3.63) is 77.9 Å². The number of hydrogen-bond acceptors (Lipinski definition) is 6. The van der Waals surface area contributed by atoms with Crippen LogP contribution >= 0.6 is 11.8 Å². The quantitative estimate of drug-likeness (QED) is 0.267. The standard InChI is InChI=1S/C26H26N4O3S/c1-30-16-22(27-18-30)15-23(32)10-8-19-9-11-24(25(14-19)20-6-4-3-5-7-20)26(33)29-28-21(17-31)12-13-34-2/h3-7,9,11,14,16-18,21,28H,12-13,15H2,1-2H3,(H,29,33). The van der Waals surface area contributed by atoms with E-state index in [0.29, 0.717) is 28.8 Å². The van der Waals surface area contributed by atoms with E-state index < -0.39 is 6.04 Å². The van der Waals surface area contributed by atoms with Crippen LogP contribution in [0.4, 0.5) is 0 Å². The van der Waals surface area contributed by atoms with E-state index >= 15 is 0 Å². The Morgan fingerprint density at radius 2 is 2.00 bits per heavy atom. The fourth-order valence-corrected chi connectivity index (χ4v) is 3.72. The molecule has 174 valence electrons. The molecule has 2 N–H and O–H groups in total. The summed E-state index contributed by atoms with van der Waals surface area (Å²) >= 11 is 1.63. The predicted molar refractivity (Wildman–Crippen MR) is 134 cm³/mol. The monoisotopic (exact) mass is 474 g/mol. The van der Waals surface area contributed by atoms with Crippen molar-refractivity contribution in [2.75, 3.05) is 12.0 Å². The number of Topliss-reactive ketones (excluding diaryl/α,β-unsaturated/α-hetero) is 1. The molecule has 0 saturated carbocycles. The minimum absolute atomic E-state index is 0.139. The third-order valence-electron chi connectivity index (χ3n) is 4.96. The number of imidazole rings is 1. The second-order valence-corrected chi connectivity index (χ2v) is 8.61. The maximum atomic E-state index is 12.9. The molecule has 2 aromatic carbocycles. The van der Waals surface area contributed by atoms with Crippen molar-refractivity contribution >= 4 is 29.7 Å². The fourth-order valence-electron chi connectivity index (χ4n) is 3.23. The van der Waals surface area contributed by atoms with Crippen molar-refractivity contribution in [3.8, 4) is 23.0 Å². The van der Waals surface area contributed by atoms with E-state index in [1.165, 1.54) is 0 Å². The molecule has 0 radical (unpaired) electrons. The maximum Gasteiger partial charge on any atom is 0.266 e. The number of carbonyl (C=O) groups excluding carboxylic acids is 3. The molecule has 3 rings (SSSR count). The van der Waals surface area contributed by atoms with Crippen LogP contribution in [-0.4, -0.2) is 45.6 Å². The molecule has 0 bridgehead atoms. The highest BCUT2D eigenvalue weighted by Crippen LogP contribution is 2.25. The number of rotatable bonds is 10. The average molecular weight is 475 g/mol. The summed E-state index contributed by atoms with van der Waals surface area (Å²) in [6.45, 7) is 0. The number of hydrogen-bond donors (Lipinski definition) is 2. The van der Waals surface area contributed by atoms with Crippen molar-refractivity contribution in [2.45, 2.75) is 18.9 Å². The summed E-state index contributed by atoms with van der Waals surface area (Å²) in [5, 5.41) is 0. The number of nitrogens with zero attached hydrogens (tertiary/aromatic N) is 2. The van der Waals surface area contributed by atoms with Gasteiger partial charge >= 0.3 is 0 Å². The number of ketones is 1. The van der Waals surface area contributed by atoms with E-state index in [2.05, 4.69) is 27.7 Å². The van der Waals surface area contributed by atoms with Gasteiger partial charge in [-0.05, 0) is 53.7 Å². The van der Waals surface area contributed by atoms with Gasteiger partial charge in [-0.15, -0.1) is 0 Å². The van der Waals surface area contributed by atoms with Crippen LogP contribution in [0.15, 0.2) is 61.1 Å². The Balaban J connectivity index is 1.80. The van der Waals surface area contributed by atoms with Gasteiger partial charge in [0.15, 0.2) is 0 Å². The predicted octanol–water partition coefficient (Wildman–Crippen LogP) is 2.81. The molecule has 3 aromatic rings. The van der Waals surface area contributed by atoms with Gasteiger partial charge in [0, 0.05) is 24.4 Å². The number of amides is 1. The van der Waals surface area contributed by atoms with Crippen LogP contribution in [-0.2, 0) is 23.1 Å². The lowest BCUT2D eigenvalue weighted by atomic mass is 9.97. The second kappa shape index (κ2) is 12.5. The Morgan fingerprint density at radius 1 is 1.21 bits per heavy atom. The molecule has 7 nitrogen and oxygen atoms in total. The number of thioether (sulfide) groups is 1. The van der Waals surface area contributed by atoms with Crippen LogP contribution in [0.1, 0.15) is 28.0 Å². The van der Waals surface area contributed by atoms with Crippen LogP contribution in [0.3, 0.4) is 0 Å². The van der Waals surface area contributed by atoms with Crippen molar-refractivity contribution in [2.24, 2.45) is 7.05 Å². The molecule has 1 unspecified atom stereocenters. The Kier molecular flexibility index (Phi) is 9.21. The molecule has 0 fully saturated rings. The van der Waals surface area contributed by atoms with Crippen LogP contribution in [0.25, 0.3) is 11.1 Å². The van der Waals surface area contributed by atoms with Crippen LogP contribution in [0.2, 0.25) is 0 Å². The van der Waals surface area contributed by atoms with E-state index in [1.54, 1.807) is 47.1 Å². The van der Waals surface area contributed by atoms with Gasteiger partial charge in [0.05, 0.1) is 24.5 Å². The number of nitrogens with one attached hydrogen (secondary N) is 2. The zero-order valence-electron chi connectivity index (χ0n) is 19.1. The van der Waals surface area contributed by atoms with Gasteiger partial charge in [0.2, 0.25) is 5.78 Å². The number of aromatic nitrogens is 2. The van der Waals surface area contributed by atoms with E-state index in [9.17, 15) is 14.4 Å². The summed E-state index contributed by atoms with van der Waals surface area (Å²) < 4.78 is 1.78. The molecule has 0 aliphatic rings. The highest BCUT2D eigenvalue weighted by Gasteiger charge is 2.15. The number of hydrazine groups is 1. The van der Waals surface area contributed by atoms with E-state index in [0.717, 1.165) is 17.6 Å². The average Bonchev–Trinajstić information content (AvgIpc) is 3.27. The van der Waals surface area contributed by atoms with E-state index in [4.69, 9.17) is 0 Å². The molecule has 0 aliphatic heterocycles. The summed E-state index contributed by atoms with van der Waals surface area (Å²) in [6, 6.07) is 14.2. The topological polar surface area (TPSA) is 93.1 Å². The smallest absolute Gasteiger partial charge is 0.266 e. The Hall–Kier alpha value is -3.67. The van der Waals surface area contributed by atoms with Gasteiger partial charge in [-0.1, -0.05) is 36.3 Å². The zero-order chi connectivity index (χ0) is 24.3. The first-order valence-corrected chi connectivity index (χ1v) is 12.1. The lowest BCUT2D eigenvalue weighted by Gasteiger charge is -2.15. The minimum atomic E-state index is -0.466. The first-order chi connectivity index (χ1) is 16.5. The molecular weight excluding hydrogens is 448 g/mol. The van der Waals surface area contributed by atoms with Gasteiger partial charge in [-0.25, -0.2) is 10.4 Å². The van der Waals surface area contributed by atoms with Crippen molar-refractivity contribution < 1.29 is 14.4 Å². The Morgan fingerprint density at radius 3 is 2.68 bits per heavy atom. The number of carbonyl (C=O) groups is 3. The largest absolute Gasteiger partial charge is 0.340 e. The first-order valence-electron chi connectivity index (χ1n) is 10.7. The molecule has 1 atom stereocenters. The van der Waals surface area contributed by atoms with E-state index in [1.807, 2.05) is 43.6 Å². The van der Waals surface area contributed by atoms with Gasteiger partial charge in [0.1, 0.15) is 6.29 Å². The lowest BCUT2D eigenvalue weighted by molar-refractivity contribution is -0.113. The molecule has 0 aliphatic carbocycles. The van der Waals surface area contributed by atoms with Crippen LogP contribution in [0.5, 0.6) is 0 Å². The summed E-state index contributed by atoms with van der Waals surface area (Å²) in [6.07, 6.45) is 6.92. The third-order valence-corrected chi connectivity index (χ3v) is 5.61. The zero-order valence-corrected chi connectivity index (χ0v) is 19.9. The molecule has 1 heterocycles. The first kappa shape index (κ1) is 25.0. The van der Waals surface area contributed by atoms with Gasteiger partial charge in [-0.3, -0.25) is 15.0 Å². The minimum Gasteiger partial charge on any atom is -0.340 e. The van der Waals surface area contributed by atoms with Gasteiger partial charge in [0.25, 0.3) is 5.91 Å². The normalized spacial score (nSPS) is 11.2. The molecule has 1 amide bonds. The third kappa shape index (κ3) is 7.17. The Labute approximate surface area is 203 Å². The summed E-state index contributed by atoms with van der Waals surface area (Å²) in [7, 11) is 1.84. The summed E-state index contributed by atoms with van der Waals surface area (Å²) in [4.78, 5) is 40.6. The lowest BCUT2D eigenvalue weighted by Crippen LogP contribution is -2.45. The molecule has 8 heteroatoms. The van der Waals surface area contributed by atoms with E-state index in [-0.39, 0.29) is 18.1 Å². The highest BCUT2D eigenvalue weighted by atomic mass is 32.2. The van der Waals surface area contributed by atoms with Crippen molar-refractivity contribution in [3.63, 3.8) is 0 Å². The molecule has 34 heavy (non-hydrogen) atoms. The van der Waals surface area contributed by atoms with Crippen molar-refractivity contribution in [1.29, 1.82) is 0 Å². The van der Waals surface area contributed by atoms with Crippen molar-refractivity contribution in [1.82, 2.24) is 20.4 Å². The molecule has 1 aromatic heterocycles. The van der Waals surface area contributed by atoms with Gasteiger partial charge in [-0.2, -0.15) is 11.8 Å². The van der Waals surface area contributed by atoms with Crippen LogP contribution < -0.4 is 10.9 Å². The molecular formula is C26H26N4O3S. The van der Waals surface area contributed by atoms with Crippen LogP contribution in [0, 0.1) is 11.8 Å². The summed E-state index contributed by atoms with van der Waals surface area (Å²) in [5.74, 6) is 5.76. The van der Waals surface area contributed by atoms with Gasteiger partial charge < -0.3 is 9.36 Å². The number of aldehydes is 1. The number of aryl methyl sites for hydroxylation is 1. The summed E-state index contributed by atoms with van der Waals surface area (Å²) in [5.41, 5.74) is 8.66. The molecule has 0 spiro atoms. The Bertz CT molecular complexity index is 1210.